The van der Waals surface area contributed by atoms with Crippen molar-refractivity contribution in [2.24, 2.45) is 0 Å². The zero-order valence-electron chi connectivity index (χ0n) is 9.27. The van der Waals surface area contributed by atoms with Gasteiger partial charge in [0, 0.05) is 25.7 Å². The average Bonchev–Trinajstić information content (AvgIpc) is 2.26. The SMILES string of the molecule is CCN1C(=O)CC(=O)N(CCO)CC1C. The van der Waals surface area contributed by atoms with Crippen molar-refractivity contribution in [3.05, 3.63) is 0 Å². The van der Waals surface area contributed by atoms with E-state index in [1.807, 2.05) is 13.8 Å². The predicted molar refractivity (Wildman–Crippen MR) is 55.1 cm³/mol. The molecule has 0 aromatic carbocycles. The molecule has 1 atom stereocenters. The molecule has 0 saturated carbocycles. The van der Waals surface area contributed by atoms with Crippen LogP contribution in [0.3, 0.4) is 0 Å². The van der Waals surface area contributed by atoms with Crippen LogP contribution in [0.2, 0.25) is 0 Å². The topological polar surface area (TPSA) is 60.9 Å². The first-order chi connectivity index (χ1) is 7.10. The van der Waals surface area contributed by atoms with Crippen LogP contribution in [0.15, 0.2) is 0 Å². The van der Waals surface area contributed by atoms with Crippen LogP contribution in [-0.2, 0) is 9.59 Å². The van der Waals surface area contributed by atoms with Crippen molar-refractivity contribution in [3.8, 4) is 0 Å². The second kappa shape index (κ2) is 5.11. The first-order valence-corrected chi connectivity index (χ1v) is 5.28. The molecular formula is C10H18N2O3. The summed E-state index contributed by atoms with van der Waals surface area (Å²) in [5, 5.41) is 8.81. The summed E-state index contributed by atoms with van der Waals surface area (Å²) in [7, 11) is 0. The molecule has 0 aromatic rings. The second-order valence-electron chi connectivity index (χ2n) is 3.77. The number of aliphatic hydroxyl groups is 1. The van der Waals surface area contributed by atoms with Gasteiger partial charge in [0.15, 0.2) is 0 Å². The number of hydrogen-bond donors (Lipinski definition) is 1. The normalized spacial score (nSPS) is 23.3. The molecule has 5 heteroatoms. The Morgan fingerprint density at radius 3 is 2.60 bits per heavy atom. The van der Waals surface area contributed by atoms with E-state index < -0.39 is 0 Å². The number of nitrogens with zero attached hydrogens (tertiary/aromatic N) is 2. The van der Waals surface area contributed by atoms with Crippen molar-refractivity contribution < 1.29 is 14.7 Å². The Morgan fingerprint density at radius 2 is 2.07 bits per heavy atom. The Kier molecular flexibility index (Phi) is 4.08. The van der Waals surface area contributed by atoms with Gasteiger partial charge in [-0.15, -0.1) is 0 Å². The van der Waals surface area contributed by atoms with Crippen molar-refractivity contribution in [2.45, 2.75) is 26.3 Å². The molecule has 0 radical (unpaired) electrons. The zero-order chi connectivity index (χ0) is 11.4. The van der Waals surface area contributed by atoms with Gasteiger partial charge < -0.3 is 14.9 Å². The summed E-state index contributed by atoms with van der Waals surface area (Å²) in [6.07, 6.45) is -0.0713. The van der Waals surface area contributed by atoms with E-state index >= 15 is 0 Å². The van der Waals surface area contributed by atoms with E-state index in [-0.39, 0.29) is 30.9 Å². The average molecular weight is 214 g/mol. The van der Waals surface area contributed by atoms with Gasteiger partial charge in [-0.25, -0.2) is 0 Å². The Balaban J connectivity index is 2.76. The van der Waals surface area contributed by atoms with Crippen LogP contribution in [0.1, 0.15) is 20.3 Å². The smallest absolute Gasteiger partial charge is 0.232 e. The summed E-state index contributed by atoms with van der Waals surface area (Å²) >= 11 is 0. The molecule has 1 rings (SSSR count). The van der Waals surface area contributed by atoms with Gasteiger partial charge in [0.1, 0.15) is 6.42 Å². The van der Waals surface area contributed by atoms with Gasteiger partial charge in [-0.2, -0.15) is 0 Å². The number of hydrogen-bond acceptors (Lipinski definition) is 3. The van der Waals surface area contributed by atoms with Gasteiger partial charge in [-0.1, -0.05) is 0 Å². The third-order valence-corrected chi connectivity index (χ3v) is 2.70. The Bertz CT molecular complexity index is 255. The zero-order valence-corrected chi connectivity index (χ0v) is 9.27. The van der Waals surface area contributed by atoms with Gasteiger partial charge in [0.2, 0.25) is 11.8 Å². The third-order valence-electron chi connectivity index (χ3n) is 2.70. The lowest BCUT2D eigenvalue weighted by Gasteiger charge is -2.27. The third kappa shape index (κ3) is 2.68. The summed E-state index contributed by atoms with van der Waals surface area (Å²) in [6, 6.07) is 0.0282. The number of amides is 2. The molecule has 0 aromatic heterocycles. The molecule has 1 unspecified atom stereocenters. The number of carbonyl (C=O) groups is 2. The number of rotatable bonds is 3. The van der Waals surface area contributed by atoms with E-state index in [0.29, 0.717) is 19.6 Å². The Hall–Kier alpha value is -1.10. The predicted octanol–water partition coefficient (Wildman–Crippen LogP) is -0.552. The maximum Gasteiger partial charge on any atom is 0.232 e. The maximum absolute atomic E-state index is 11.6. The lowest BCUT2D eigenvalue weighted by molar-refractivity contribution is -0.137. The van der Waals surface area contributed by atoms with Gasteiger partial charge in [0.25, 0.3) is 0 Å². The van der Waals surface area contributed by atoms with Crippen LogP contribution >= 0.6 is 0 Å². The summed E-state index contributed by atoms with van der Waals surface area (Å²) < 4.78 is 0. The first kappa shape index (κ1) is 12.0. The van der Waals surface area contributed by atoms with Crippen LogP contribution in [0.4, 0.5) is 0 Å². The molecule has 86 valence electrons. The molecule has 1 saturated heterocycles. The van der Waals surface area contributed by atoms with Crippen molar-refractivity contribution in [2.75, 3.05) is 26.2 Å². The maximum atomic E-state index is 11.6. The molecule has 1 fully saturated rings. The van der Waals surface area contributed by atoms with Crippen molar-refractivity contribution in [1.29, 1.82) is 0 Å². The first-order valence-electron chi connectivity index (χ1n) is 5.28. The minimum atomic E-state index is -0.183. The van der Waals surface area contributed by atoms with Crippen LogP contribution in [0.25, 0.3) is 0 Å². The van der Waals surface area contributed by atoms with E-state index in [9.17, 15) is 9.59 Å². The van der Waals surface area contributed by atoms with Gasteiger partial charge >= 0.3 is 0 Å². The fraction of sp³-hybridized carbons (Fsp3) is 0.800. The molecule has 0 bridgehead atoms. The van der Waals surface area contributed by atoms with Crippen molar-refractivity contribution in [1.82, 2.24) is 9.80 Å². The highest BCUT2D eigenvalue weighted by molar-refractivity contribution is 5.97. The molecule has 15 heavy (non-hydrogen) atoms. The molecular weight excluding hydrogens is 196 g/mol. The van der Waals surface area contributed by atoms with E-state index in [0.717, 1.165) is 0 Å². The molecule has 2 amide bonds. The number of likely N-dealkylation sites (N-methyl/N-ethyl adjacent to an activating group) is 1. The Labute approximate surface area is 89.7 Å². The number of aliphatic hydroxyl groups excluding tert-OH is 1. The molecule has 1 heterocycles. The lowest BCUT2D eigenvalue weighted by Crippen LogP contribution is -2.42. The summed E-state index contributed by atoms with van der Waals surface area (Å²) in [5.74, 6) is -0.299. The molecule has 1 aliphatic heterocycles. The Morgan fingerprint density at radius 1 is 1.40 bits per heavy atom. The summed E-state index contributed by atoms with van der Waals surface area (Å²) in [6.45, 7) is 5.22. The van der Waals surface area contributed by atoms with Crippen LogP contribution in [0, 0.1) is 0 Å². The minimum Gasteiger partial charge on any atom is -0.395 e. The fourth-order valence-electron chi connectivity index (χ4n) is 1.93. The van der Waals surface area contributed by atoms with Crippen LogP contribution in [-0.4, -0.2) is 59.0 Å². The molecule has 1 aliphatic rings. The van der Waals surface area contributed by atoms with E-state index in [1.165, 1.54) is 0 Å². The highest BCUT2D eigenvalue weighted by Gasteiger charge is 2.29. The monoisotopic (exact) mass is 214 g/mol. The van der Waals surface area contributed by atoms with Crippen LogP contribution < -0.4 is 0 Å². The van der Waals surface area contributed by atoms with E-state index in [1.54, 1.807) is 9.80 Å². The minimum absolute atomic E-state index is 0.0282. The molecule has 5 nitrogen and oxygen atoms in total. The highest BCUT2D eigenvalue weighted by atomic mass is 16.3. The van der Waals surface area contributed by atoms with Gasteiger partial charge in [-0.3, -0.25) is 9.59 Å². The van der Waals surface area contributed by atoms with Crippen molar-refractivity contribution in [3.63, 3.8) is 0 Å². The summed E-state index contributed by atoms with van der Waals surface area (Å²) in [5.41, 5.74) is 0. The summed E-state index contributed by atoms with van der Waals surface area (Å²) in [4.78, 5) is 26.5. The van der Waals surface area contributed by atoms with Gasteiger partial charge in [0.05, 0.1) is 6.61 Å². The number of β-amino-alcohol motifs (C(OH)–C–C–N with tert-alkyl or cyclic N) is 1. The number of carbonyl (C=O) groups excluding carboxylic acids is 2. The molecule has 1 N–H and O–H groups in total. The van der Waals surface area contributed by atoms with Crippen LogP contribution in [0.5, 0.6) is 0 Å². The quantitative estimate of drug-likeness (QED) is 0.641. The lowest BCUT2D eigenvalue weighted by atomic mass is 10.2. The standard InChI is InChI=1S/C10H18N2O3/c1-3-12-8(2)7-11(4-5-13)9(14)6-10(12)15/h8,13H,3-7H2,1-2H3. The molecule has 0 aliphatic carbocycles. The second-order valence-corrected chi connectivity index (χ2v) is 3.77. The van der Waals surface area contributed by atoms with E-state index in [2.05, 4.69) is 0 Å². The highest BCUT2D eigenvalue weighted by Crippen LogP contribution is 2.11. The fourth-order valence-corrected chi connectivity index (χ4v) is 1.93. The van der Waals surface area contributed by atoms with E-state index in [4.69, 9.17) is 5.11 Å². The van der Waals surface area contributed by atoms with Gasteiger partial charge in [-0.05, 0) is 13.8 Å². The molecule has 0 spiro atoms. The van der Waals surface area contributed by atoms with Crippen molar-refractivity contribution >= 4 is 11.8 Å². The largest absolute Gasteiger partial charge is 0.395 e.